The second kappa shape index (κ2) is 4.63. The monoisotopic (exact) mass is 196 g/mol. The summed E-state index contributed by atoms with van der Waals surface area (Å²) in [5.41, 5.74) is 0. The van der Waals surface area contributed by atoms with Crippen molar-refractivity contribution in [2.75, 3.05) is 19.6 Å². The largest absolute Gasteiger partial charge is 0.314 e. The SMILES string of the molecule is CC1CCCC(N2CCNC[C@@H]2C)C1. The molecule has 0 bridgehead atoms. The van der Waals surface area contributed by atoms with Crippen molar-refractivity contribution in [2.45, 2.75) is 51.6 Å². The molecular weight excluding hydrogens is 172 g/mol. The second-order valence-electron chi connectivity index (χ2n) is 5.22. The zero-order chi connectivity index (χ0) is 9.97. The van der Waals surface area contributed by atoms with Crippen LogP contribution in [0.25, 0.3) is 0 Å². The third kappa shape index (κ3) is 2.29. The molecule has 1 saturated heterocycles. The molecule has 2 unspecified atom stereocenters. The molecule has 0 aromatic carbocycles. The van der Waals surface area contributed by atoms with Gasteiger partial charge in [0.15, 0.2) is 0 Å². The summed E-state index contributed by atoms with van der Waals surface area (Å²) in [4.78, 5) is 2.74. The van der Waals surface area contributed by atoms with Gasteiger partial charge in [0.1, 0.15) is 0 Å². The van der Waals surface area contributed by atoms with Gasteiger partial charge in [-0.1, -0.05) is 19.8 Å². The van der Waals surface area contributed by atoms with Gasteiger partial charge in [0.2, 0.25) is 0 Å². The van der Waals surface area contributed by atoms with E-state index in [1.54, 1.807) is 0 Å². The topological polar surface area (TPSA) is 15.3 Å². The molecule has 1 N–H and O–H groups in total. The Balaban J connectivity index is 1.91. The van der Waals surface area contributed by atoms with Crippen LogP contribution in [0.4, 0.5) is 0 Å². The van der Waals surface area contributed by atoms with Crippen LogP contribution in [0, 0.1) is 5.92 Å². The Kier molecular flexibility index (Phi) is 3.45. The number of hydrogen-bond donors (Lipinski definition) is 1. The van der Waals surface area contributed by atoms with Crippen LogP contribution in [0.3, 0.4) is 0 Å². The van der Waals surface area contributed by atoms with Crippen LogP contribution >= 0.6 is 0 Å². The number of nitrogens with one attached hydrogen (secondary N) is 1. The van der Waals surface area contributed by atoms with Crippen LogP contribution in [-0.2, 0) is 0 Å². The number of nitrogens with zero attached hydrogens (tertiary/aromatic N) is 1. The summed E-state index contributed by atoms with van der Waals surface area (Å²) in [6.45, 7) is 8.42. The predicted molar refractivity (Wildman–Crippen MR) is 60.5 cm³/mol. The van der Waals surface area contributed by atoms with Gasteiger partial charge in [0.05, 0.1) is 0 Å². The molecule has 0 amide bonds. The van der Waals surface area contributed by atoms with E-state index < -0.39 is 0 Å². The van der Waals surface area contributed by atoms with Gasteiger partial charge >= 0.3 is 0 Å². The lowest BCUT2D eigenvalue weighted by molar-refractivity contribution is 0.0778. The average Bonchev–Trinajstić information content (AvgIpc) is 2.18. The fraction of sp³-hybridized carbons (Fsp3) is 1.00. The van der Waals surface area contributed by atoms with E-state index in [0.29, 0.717) is 0 Å². The van der Waals surface area contributed by atoms with Crippen molar-refractivity contribution in [3.05, 3.63) is 0 Å². The van der Waals surface area contributed by atoms with Crippen LogP contribution < -0.4 is 5.32 Å². The molecule has 0 spiro atoms. The van der Waals surface area contributed by atoms with Crippen LogP contribution in [0.5, 0.6) is 0 Å². The first kappa shape index (κ1) is 10.4. The Hall–Kier alpha value is -0.0800. The van der Waals surface area contributed by atoms with Gasteiger partial charge in [-0.25, -0.2) is 0 Å². The Bertz CT molecular complexity index is 181. The van der Waals surface area contributed by atoms with Gasteiger partial charge in [-0.2, -0.15) is 0 Å². The first-order valence-corrected chi connectivity index (χ1v) is 6.24. The zero-order valence-electron chi connectivity index (χ0n) is 9.63. The summed E-state index contributed by atoms with van der Waals surface area (Å²) in [5.74, 6) is 0.954. The summed E-state index contributed by atoms with van der Waals surface area (Å²) >= 11 is 0. The molecule has 2 aliphatic rings. The summed E-state index contributed by atoms with van der Waals surface area (Å²) in [5, 5.41) is 3.47. The molecule has 3 atom stereocenters. The molecule has 0 radical (unpaired) electrons. The van der Waals surface area contributed by atoms with Crippen molar-refractivity contribution in [2.24, 2.45) is 5.92 Å². The highest BCUT2D eigenvalue weighted by Gasteiger charge is 2.28. The number of hydrogen-bond acceptors (Lipinski definition) is 2. The summed E-state index contributed by atoms with van der Waals surface area (Å²) in [6.07, 6.45) is 5.78. The summed E-state index contributed by atoms with van der Waals surface area (Å²) < 4.78 is 0. The van der Waals surface area contributed by atoms with Crippen molar-refractivity contribution in [1.82, 2.24) is 10.2 Å². The third-order valence-corrected chi connectivity index (χ3v) is 3.93. The van der Waals surface area contributed by atoms with E-state index in [-0.39, 0.29) is 0 Å². The smallest absolute Gasteiger partial charge is 0.0195 e. The quantitative estimate of drug-likeness (QED) is 0.688. The highest BCUT2D eigenvalue weighted by molar-refractivity contribution is 4.85. The lowest BCUT2D eigenvalue weighted by Gasteiger charge is -2.43. The fourth-order valence-corrected chi connectivity index (χ4v) is 3.10. The van der Waals surface area contributed by atoms with Gasteiger partial charge in [-0.15, -0.1) is 0 Å². The highest BCUT2D eigenvalue weighted by atomic mass is 15.2. The molecule has 2 rings (SSSR count). The first-order valence-electron chi connectivity index (χ1n) is 6.24. The van der Waals surface area contributed by atoms with Crippen molar-refractivity contribution in [3.8, 4) is 0 Å². The van der Waals surface area contributed by atoms with Gasteiger partial charge in [0.25, 0.3) is 0 Å². The molecule has 2 nitrogen and oxygen atoms in total. The molecule has 1 aliphatic carbocycles. The lowest BCUT2D eigenvalue weighted by Crippen LogP contribution is -2.54. The van der Waals surface area contributed by atoms with Crippen molar-refractivity contribution >= 4 is 0 Å². The minimum Gasteiger partial charge on any atom is -0.314 e. The normalized spacial score (nSPS) is 41.1. The lowest BCUT2D eigenvalue weighted by atomic mass is 9.85. The third-order valence-electron chi connectivity index (χ3n) is 3.93. The van der Waals surface area contributed by atoms with Gasteiger partial charge < -0.3 is 5.32 Å². The van der Waals surface area contributed by atoms with E-state index in [0.717, 1.165) is 18.0 Å². The van der Waals surface area contributed by atoms with Crippen molar-refractivity contribution in [1.29, 1.82) is 0 Å². The molecule has 2 fully saturated rings. The molecule has 1 heterocycles. The maximum absolute atomic E-state index is 3.47. The standard InChI is InChI=1S/C12H24N2/c1-10-4-3-5-12(8-10)14-7-6-13-9-11(14)2/h10-13H,3-9H2,1-2H3/t10?,11-,12?/m0/s1. The van der Waals surface area contributed by atoms with Gasteiger partial charge in [0, 0.05) is 31.7 Å². The minimum absolute atomic E-state index is 0.749. The Morgan fingerprint density at radius 2 is 2.07 bits per heavy atom. The Labute approximate surface area is 88.1 Å². The van der Waals surface area contributed by atoms with E-state index in [1.165, 1.54) is 45.3 Å². The van der Waals surface area contributed by atoms with E-state index in [2.05, 4.69) is 24.1 Å². The first-order chi connectivity index (χ1) is 6.77. The van der Waals surface area contributed by atoms with Gasteiger partial charge in [-0.05, 0) is 25.7 Å². The molecular formula is C12H24N2. The van der Waals surface area contributed by atoms with Gasteiger partial charge in [-0.3, -0.25) is 4.90 Å². The van der Waals surface area contributed by atoms with Crippen LogP contribution in [0.15, 0.2) is 0 Å². The predicted octanol–water partition coefficient (Wildman–Crippen LogP) is 1.86. The number of rotatable bonds is 1. The van der Waals surface area contributed by atoms with Crippen LogP contribution in [-0.4, -0.2) is 36.6 Å². The van der Waals surface area contributed by atoms with E-state index >= 15 is 0 Å². The molecule has 1 saturated carbocycles. The summed E-state index contributed by atoms with van der Waals surface area (Å²) in [7, 11) is 0. The van der Waals surface area contributed by atoms with Crippen LogP contribution in [0.1, 0.15) is 39.5 Å². The zero-order valence-corrected chi connectivity index (χ0v) is 9.63. The molecule has 2 heteroatoms. The van der Waals surface area contributed by atoms with E-state index in [1.807, 2.05) is 0 Å². The maximum atomic E-state index is 3.47. The van der Waals surface area contributed by atoms with E-state index in [9.17, 15) is 0 Å². The Morgan fingerprint density at radius 1 is 1.21 bits per heavy atom. The summed E-state index contributed by atoms with van der Waals surface area (Å²) in [6, 6.07) is 1.63. The Morgan fingerprint density at radius 3 is 2.79 bits per heavy atom. The second-order valence-corrected chi connectivity index (χ2v) is 5.22. The molecule has 0 aromatic heterocycles. The fourth-order valence-electron chi connectivity index (χ4n) is 3.10. The molecule has 82 valence electrons. The van der Waals surface area contributed by atoms with Crippen molar-refractivity contribution in [3.63, 3.8) is 0 Å². The average molecular weight is 196 g/mol. The van der Waals surface area contributed by atoms with Crippen LogP contribution in [0.2, 0.25) is 0 Å². The van der Waals surface area contributed by atoms with E-state index in [4.69, 9.17) is 0 Å². The molecule has 0 aromatic rings. The molecule has 1 aliphatic heterocycles. The van der Waals surface area contributed by atoms with Crippen molar-refractivity contribution < 1.29 is 0 Å². The minimum atomic E-state index is 0.749. The maximum Gasteiger partial charge on any atom is 0.0195 e. The number of piperazine rings is 1. The molecule has 14 heavy (non-hydrogen) atoms. The highest BCUT2D eigenvalue weighted by Crippen LogP contribution is 2.28.